The Morgan fingerprint density at radius 1 is 1.45 bits per heavy atom. The Labute approximate surface area is 133 Å². The van der Waals surface area contributed by atoms with E-state index in [-0.39, 0.29) is 31.6 Å². The number of halogens is 1. The van der Waals surface area contributed by atoms with Crippen molar-refractivity contribution >= 4 is 23.5 Å². The largest absolute Gasteiger partial charge is 0.484 e. The van der Waals surface area contributed by atoms with Crippen molar-refractivity contribution in [1.29, 1.82) is 0 Å². The summed E-state index contributed by atoms with van der Waals surface area (Å²) in [4.78, 5) is 24.7. The Hall–Kier alpha value is -1.79. The van der Waals surface area contributed by atoms with Crippen LogP contribution in [0.25, 0.3) is 0 Å². The van der Waals surface area contributed by atoms with Crippen LogP contribution in [0.3, 0.4) is 0 Å². The first-order chi connectivity index (χ1) is 10.4. The summed E-state index contributed by atoms with van der Waals surface area (Å²) in [5.41, 5.74) is 0.843. The number of hydrogen-bond acceptors (Lipinski definition) is 4. The van der Waals surface area contributed by atoms with E-state index < -0.39 is 12.0 Å². The third kappa shape index (κ3) is 3.69. The molecule has 0 aromatic heterocycles. The minimum Gasteiger partial charge on any atom is -0.484 e. The number of carbonyl (C=O) groups is 2. The molecule has 1 N–H and O–H groups in total. The Balaban J connectivity index is 1.98. The highest BCUT2D eigenvalue weighted by molar-refractivity contribution is 6.31. The molecule has 0 aliphatic carbocycles. The number of carboxylic acids is 1. The summed E-state index contributed by atoms with van der Waals surface area (Å²) in [6, 6.07) is 4.21. The van der Waals surface area contributed by atoms with Gasteiger partial charge in [0.2, 0.25) is 0 Å². The zero-order chi connectivity index (χ0) is 16.3. The van der Waals surface area contributed by atoms with Crippen LogP contribution in [0.4, 0.5) is 0 Å². The molecule has 0 spiro atoms. The lowest BCUT2D eigenvalue weighted by molar-refractivity contribution is -0.148. The maximum atomic E-state index is 12.2. The first kappa shape index (κ1) is 16.6. The summed E-state index contributed by atoms with van der Waals surface area (Å²) in [7, 11) is 1.50. The number of amides is 1. The van der Waals surface area contributed by atoms with Gasteiger partial charge in [0, 0.05) is 25.1 Å². The van der Waals surface area contributed by atoms with Crippen molar-refractivity contribution in [3.63, 3.8) is 0 Å². The second-order valence-corrected chi connectivity index (χ2v) is 5.60. The third-order valence-electron chi connectivity index (χ3n) is 3.69. The van der Waals surface area contributed by atoms with E-state index in [9.17, 15) is 14.7 Å². The van der Waals surface area contributed by atoms with Crippen LogP contribution in [-0.2, 0) is 14.3 Å². The molecular weight excluding hydrogens is 310 g/mol. The summed E-state index contributed by atoms with van der Waals surface area (Å²) < 4.78 is 10.6. The van der Waals surface area contributed by atoms with Crippen molar-refractivity contribution < 1.29 is 24.2 Å². The van der Waals surface area contributed by atoms with Crippen LogP contribution in [0.5, 0.6) is 5.75 Å². The fourth-order valence-electron chi connectivity index (χ4n) is 2.41. The fourth-order valence-corrected chi connectivity index (χ4v) is 2.53. The molecule has 1 aliphatic heterocycles. The van der Waals surface area contributed by atoms with Gasteiger partial charge in [0.15, 0.2) is 6.61 Å². The minimum absolute atomic E-state index is 0.221. The van der Waals surface area contributed by atoms with Gasteiger partial charge in [0.25, 0.3) is 5.91 Å². The maximum absolute atomic E-state index is 12.2. The Morgan fingerprint density at radius 2 is 2.18 bits per heavy atom. The van der Waals surface area contributed by atoms with E-state index in [0.29, 0.717) is 10.8 Å². The lowest BCUT2D eigenvalue weighted by Gasteiger charge is -2.21. The third-order valence-corrected chi connectivity index (χ3v) is 4.12. The van der Waals surface area contributed by atoms with Gasteiger partial charge in [0.05, 0.1) is 6.10 Å². The first-order valence-corrected chi connectivity index (χ1v) is 7.24. The topological polar surface area (TPSA) is 76.1 Å². The molecule has 1 amide bonds. The van der Waals surface area contributed by atoms with E-state index in [4.69, 9.17) is 21.1 Å². The van der Waals surface area contributed by atoms with Gasteiger partial charge in [-0.05, 0) is 30.7 Å². The van der Waals surface area contributed by atoms with Crippen molar-refractivity contribution in [1.82, 2.24) is 4.90 Å². The van der Waals surface area contributed by atoms with E-state index in [0.717, 1.165) is 5.56 Å². The minimum atomic E-state index is -1.03. The summed E-state index contributed by atoms with van der Waals surface area (Å²) in [6.07, 6.45) is 0.0280. The normalized spacial score (nSPS) is 21.0. The predicted octanol–water partition coefficient (Wildman–Crippen LogP) is 1.73. The lowest BCUT2D eigenvalue weighted by Crippen LogP contribution is -2.43. The molecule has 1 fully saturated rings. The molecule has 2 atom stereocenters. The van der Waals surface area contributed by atoms with E-state index >= 15 is 0 Å². The highest BCUT2D eigenvalue weighted by Gasteiger charge is 2.39. The molecule has 0 radical (unpaired) electrons. The molecular formula is C15H18ClNO5. The molecule has 1 saturated heterocycles. The summed E-state index contributed by atoms with van der Waals surface area (Å²) in [5, 5.41) is 9.81. The SMILES string of the molecule is COC1CC(C(=O)O)N(C(=O)COc2ccc(Cl)c(C)c2)C1. The molecule has 1 heterocycles. The van der Waals surface area contributed by atoms with Crippen molar-refractivity contribution in [2.75, 3.05) is 20.3 Å². The van der Waals surface area contributed by atoms with Gasteiger partial charge in [-0.15, -0.1) is 0 Å². The number of nitrogens with zero attached hydrogens (tertiary/aromatic N) is 1. The number of aryl methyl sites for hydroxylation is 1. The zero-order valence-electron chi connectivity index (χ0n) is 12.4. The average Bonchev–Trinajstić information content (AvgIpc) is 2.93. The van der Waals surface area contributed by atoms with E-state index in [1.807, 2.05) is 6.92 Å². The Bertz CT molecular complexity index is 577. The molecule has 6 nitrogen and oxygen atoms in total. The van der Waals surface area contributed by atoms with Gasteiger partial charge in [-0.1, -0.05) is 11.6 Å². The molecule has 120 valence electrons. The number of hydrogen-bond donors (Lipinski definition) is 1. The molecule has 0 saturated carbocycles. The summed E-state index contributed by atoms with van der Waals surface area (Å²) >= 11 is 5.92. The zero-order valence-corrected chi connectivity index (χ0v) is 13.2. The second kappa shape index (κ2) is 6.98. The molecule has 7 heteroatoms. The van der Waals surface area contributed by atoms with Crippen LogP contribution in [0.15, 0.2) is 18.2 Å². The van der Waals surface area contributed by atoms with Crippen molar-refractivity contribution in [2.24, 2.45) is 0 Å². The Morgan fingerprint density at radius 3 is 2.77 bits per heavy atom. The van der Waals surface area contributed by atoms with Gasteiger partial charge in [-0.3, -0.25) is 4.79 Å². The highest BCUT2D eigenvalue weighted by atomic mass is 35.5. The maximum Gasteiger partial charge on any atom is 0.326 e. The van der Waals surface area contributed by atoms with Gasteiger partial charge in [0.1, 0.15) is 11.8 Å². The quantitative estimate of drug-likeness (QED) is 0.891. The molecule has 22 heavy (non-hydrogen) atoms. The number of methoxy groups -OCH3 is 1. The van der Waals surface area contributed by atoms with Crippen LogP contribution >= 0.6 is 11.6 Å². The molecule has 1 aliphatic rings. The molecule has 0 bridgehead atoms. The molecule has 1 aromatic rings. The number of rotatable bonds is 5. The predicted molar refractivity (Wildman–Crippen MR) is 80.2 cm³/mol. The average molecular weight is 328 g/mol. The van der Waals surface area contributed by atoms with Crippen LogP contribution in [-0.4, -0.2) is 54.3 Å². The van der Waals surface area contributed by atoms with Gasteiger partial charge < -0.3 is 19.5 Å². The van der Waals surface area contributed by atoms with E-state index in [2.05, 4.69) is 0 Å². The van der Waals surface area contributed by atoms with Crippen molar-refractivity contribution in [3.05, 3.63) is 28.8 Å². The standard InChI is InChI=1S/C15H18ClNO5/c1-9-5-10(3-4-12(9)16)22-8-14(18)17-7-11(21-2)6-13(17)15(19)20/h3-5,11,13H,6-8H2,1-2H3,(H,19,20). The first-order valence-electron chi connectivity index (χ1n) is 6.86. The monoisotopic (exact) mass is 327 g/mol. The van der Waals surface area contributed by atoms with Crippen molar-refractivity contribution in [2.45, 2.75) is 25.5 Å². The number of ether oxygens (including phenoxy) is 2. The highest BCUT2D eigenvalue weighted by Crippen LogP contribution is 2.23. The smallest absolute Gasteiger partial charge is 0.326 e. The number of carbonyl (C=O) groups excluding carboxylic acids is 1. The van der Waals surface area contributed by atoms with Crippen molar-refractivity contribution in [3.8, 4) is 5.75 Å². The van der Waals surface area contributed by atoms with E-state index in [1.165, 1.54) is 12.0 Å². The fraction of sp³-hybridized carbons (Fsp3) is 0.467. The lowest BCUT2D eigenvalue weighted by atomic mass is 10.2. The molecule has 1 aromatic carbocycles. The Kier molecular flexibility index (Phi) is 5.26. The van der Waals surface area contributed by atoms with Gasteiger partial charge in [-0.25, -0.2) is 4.79 Å². The van der Waals surface area contributed by atoms with Crippen LogP contribution in [0, 0.1) is 6.92 Å². The van der Waals surface area contributed by atoms with Gasteiger partial charge >= 0.3 is 5.97 Å². The van der Waals surface area contributed by atoms with Crippen LogP contribution in [0.1, 0.15) is 12.0 Å². The number of carboxylic acid groups (broad SMARTS) is 1. The summed E-state index contributed by atoms with van der Waals surface area (Å²) in [5.74, 6) is -0.889. The van der Waals surface area contributed by atoms with E-state index in [1.54, 1.807) is 18.2 Å². The number of likely N-dealkylation sites (tertiary alicyclic amines) is 1. The van der Waals surface area contributed by atoms with Crippen LogP contribution < -0.4 is 4.74 Å². The van der Waals surface area contributed by atoms with Gasteiger partial charge in [-0.2, -0.15) is 0 Å². The number of benzene rings is 1. The second-order valence-electron chi connectivity index (χ2n) is 5.19. The molecule has 2 rings (SSSR count). The summed E-state index contributed by atoms with van der Waals surface area (Å²) in [6.45, 7) is 1.87. The molecule has 2 unspecified atom stereocenters. The number of aliphatic carboxylic acids is 1. The van der Waals surface area contributed by atoms with Crippen LogP contribution in [0.2, 0.25) is 5.02 Å².